The van der Waals surface area contributed by atoms with Crippen molar-refractivity contribution < 1.29 is 13.5 Å². The van der Waals surface area contributed by atoms with Crippen LogP contribution in [-0.4, -0.2) is 37.0 Å². The van der Waals surface area contributed by atoms with Crippen LogP contribution in [0, 0.1) is 0 Å². The van der Waals surface area contributed by atoms with Gasteiger partial charge >= 0.3 is 0 Å². The van der Waals surface area contributed by atoms with Crippen molar-refractivity contribution in [3.05, 3.63) is 23.3 Å². The van der Waals surface area contributed by atoms with Crippen molar-refractivity contribution in [1.29, 1.82) is 0 Å². The van der Waals surface area contributed by atoms with Gasteiger partial charge in [0.2, 0.25) is 10.0 Å². The Bertz CT molecular complexity index is 610. The highest BCUT2D eigenvalue weighted by Crippen LogP contribution is 2.34. The van der Waals surface area contributed by atoms with E-state index in [0.29, 0.717) is 22.6 Å². The number of aryl methyl sites for hydroxylation is 1. The van der Waals surface area contributed by atoms with Crippen molar-refractivity contribution in [1.82, 2.24) is 4.31 Å². The molecule has 2 rings (SSSR count). The fourth-order valence-corrected chi connectivity index (χ4v) is 4.68. The minimum absolute atomic E-state index is 0.0263. The molecule has 1 aliphatic rings. The van der Waals surface area contributed by atoms with Gasteiger partial charge in [-0.25, -0.2) is 8.42 Å². The van der Waals surface area contributed by atoms with E-state index in [9.17, 15) is 13.5 Å². The molecule has 0 radical (unpaired) electrons. The summed E-state index contributed by atoms with van der Waals surface area (Å²) in [6.45, 7) is 3.86. The van der Waals surface area contributed by atoms with E-state index in [2.05, 4.69) is 0 Å². The van der Waals surface area contributed by atoms with Crippen LogP contribution in [0.5, 0.6) is 0 Å². The van der Waals surface area contributed by atoms with E-state index in [-0.39, 0.29) is 19.2 Å². The van der Waals surface area contributed by atoms with Crippen LogP contribution in [0.3, 0.4) is 0 Å². The van der Waals surface area contributed by atoms with Crippen LogP contribution < -0.4 is 5.73 Å². The summed E-state index contributed by atoms with van der Waals surface area (Å²) in [7, 11) is -3.60. The van der Waals surface area contributed by atoms with Crippen molar-refractivity contribution in [3.63, 3.8) is 0 Å². The van der Waals surface area contributed by atoms with Gasteiger partial charge < -0.3 is 10.8 Å². The Morgan fingerprint density at radius 2 is 1.95 bits per heavy atom. The van der Waals surface area contributed by atoms with Crippen molar-refractivity contribution >= 4 is 15.7 Å². The molecule has 1 aromatic rings. The first kappa shape index (κ1) is 16.3. The molecule has 0 bridgehead atoms. The number of hydrogen-bond donors (Lipinski definition) is 2. The van der Waals surface area contributed by atoms with Crippen molar-refractivity contribution in [2.24, 2.45) is 0 Å². The number of sulfonamides is 1. The summed E-state index contributed by atoms with van der Waals surface area (Å²) in [5.41, 5.74) is 8.17. The Labute approximate surface area is 126 Å². The molecular formula is C15H24N2O3S. The molecule has 21 heavy (non-hydrogen) atoms. The number of benzene rings is 1. The van der Waals surface area contributed by atoms with Gasteiger partial charge in [-0.05, 0) is 48.9 Å². The third-order valence-corrected chi connectivity index (χ3v) is 5.94. The maximum atomic E-state index is 13.0. The first-order valence-corrected chi connectivity index (χ1v) is 8.93. The molecular weight excluding hydrogens is 288 g/mol. The molecule has 0 amide bonds. The fourth-order valence-electron chi connectivity index (χ4n) is 2.63. The molecule has 0 saturated heterocycles. The molecule has 0 spiro atoms. The average Bonchev–Trinajstić information content (AvgIpc) is 3.27. The Balaban J connectivity index is 2.54. The van der Waals surface area contributed by atoms with Gasteiger partial charge in [-0.1, -0.05) is 13.8 Å². The number of nitrogens with two attached hydrogens (primary N) is 1. The number of rotatable bonds is 7. The second kappa shape index (κ2) is 6.34. The minimum Gasteiger partial charge on any atom is -0.398 e. The number of aliphatic hydroxyl groups excluding tert-OH is 1. The van der Waals surface area contributed by atoms with E-state index in [0.717, 1.165) is 24.8 Å². The minimum atomic E-state index is -3.60. The smallest absolute Gasteiger partial charge is 0.243 e. The number of hydrogen-bond acceptors (Lipinski definition) is 4. The van der Waals surface area contributed by atoms with Crippen LogP contribution in [0.15, 0.2) is 17.0 Å². The van der Waals surface area contributed by atoms with Gasteiger partial charge in [0.25, 0.3) is 0 Å². The van der Waals surface area contributed by atoms with Crippen molar-refractivity contribution in [3.8, 4) is 0 Å². The molecule has 0 aliphatic heterocycles. The number of nitrogen functional groups attached to an aromatic ring is 1. The zero-order valence-electron chi connectivity index (χ0n) is 12.7. The summed E-state index contributed by atoms with van der Waals surface area (Å²) < 4.78 is 27.4. The van der Waals surface area contributed by atoms with E-state index in [4.69, 9.17) is 5.73 Å². The highest BCUT2D eigenvalue weighted by Gasteiger charge is 2.38. The van der Waals surface area contributed by atoms with Gasteiger partial charge in [0, 0.05) is 18.3 Å². The van der Waals surface area contributed by atoms with Crippen LogP contribution >= 0.6 is 0 Å². The van der Waals surface area contributed by atoms with Gasteiger partial charge in [0.15, 0.2) is 0 Å². The molecule has 0 aromatic heterocycles. The lowest BCUT2D eigenvalue weighted by molar-refractivity contribution is 0.250. The van der Waals surface area contributed by atoms with Crippen LogP contribution in [0.2, 0.25) is 0 Å². The maximum absolute atomic E-state index is 13.0. The Morgan fingerprint density at radius 1 is 1.29 bits per heavy atom. The maximum Gasteiger partial charge on any atom is 0.243 e. The Hall–Kier alpha value is -1.11. The lowest BCUT2D eigenvalue weighted by Crippen LogP contribution is -2.36. The molecule has 0 unspecified atom stereocenters. The molecule has 5 nitrogen and oxygen atoms in total. The normalized spacial score (nSPS) is 15.6. The molecule has 3 N–H and O–H groups in total. The third kappa shape index (κ3) is 3.22. The third-order valence-electron chi connectivity index (χ3n) is 3.93. The Morgan fingerprint density at radius 3 is 2.43 bits per heavy atom. The highest BCUT2D eigenvalue weighted by molar-refractivity contribution is 7.89. The Kier molecular flexibility index (Phi) is 4.91. The summed E-state index contributed by atoms with van der Waals surface area (Å²) in [5, 5.41) is 9.17. The van der Waals surface area contributed by atoms with Gasteiger partial charge in [-0.15, -0.1) is 0 Å². The molecule has 0 atom stereocenters. The first-order chi connectivity index (χ1) is 9.95. The zero-order valence-corrected chi connectivity index (χ0v) is 13.5. The molecule has 1 aromatic carbocycles. The van der Waals surface area contributed by atoms with Gasteiger partial charge in [0.1, 0.15) is 0 Å². The van der Waals surface area contributed by atoms with E-state index in [1.54, 1.807) is 6.07 Å². The van der Waals surface area contributed by atoms with Crippen LogP contribution in [0.25, 0.3) is 0 Å². The summed E-state index contributed by atoms with van der Waals surface area (Å²) in [4.78, 5) is 0.308. The number of nitrogens with zero attached hydrogens (tertiary/aromatic N) is 1. The van der Waals surface area contributed by atoms with Crippen molar-refractivity contribution in [2.45, 2.75) is 50.5 Å². The van der Waals surface area contributed by atoms with Crippen LogP contribution in [-0.2, 0) is 22.9 Å². The molecule has 0 heterocycles. The monoisotopic (exact) mass is 312 g/mol. The van der Waals surface area contributed by atoms with Crippen LogP contribution in [0.1, 0.15) is 37.8 Å². The van der Waals surface area contributed by atoms with E-state index < -0.39 is 10.0 Å². The fraction of sp³-hybridized carbons (Fsp3) is 0.600. The lowest BCUT2D eigenvalue weighted by Gasteiger charge is -2.23. The standard InChI is InChI=1S/C15H24N2O3S/c1-3-11-9-14(16)13(4-2)15(10-11)21(19,20)17(7-8-18)12-5-6-12/h9-10,12,18H,3-8,16H2,1-2H3. The van der Waals surface area contributed by atoms with E-state index >= 15 is 0 Å². The van der Waals surface area contributed by atoms with E-state index in [1.165, 1.54) is 4.31 Å². The summed E-state index contributed by atoms with van der Waals surface area (Å²) in [6.07, 6.45) is 3.04. The molecule has 118 valence electrons. The zero-order chi connectivity index (χ0) is 15.6. The van der Waals surface area contributed by atoms with Gasteiger partial charge in [-0.3, -0.25) is 0 Å². The number of aliphatic hydroxyl groups is 1. The topological polar surface area (TPSA) is 83.6 Å². The predicted molar refractivity (Wildman–Crippen MR) is 83.6 cm³/mol. The van der Waals surface area contributed by atoms with Crippen LogP contribution in [0.4, 0.5) is 5.69 Å². The molecule has 1 fully saturated rings. The molecule has 1 saturated carbocycles. The largest absolute Gasteiger partial charge is 0.398 e. The SMILES string of the molecule is CCc1cc(N)c(CC)c(S(=O)(=O)N(CCO)C2CC2)c1. The average molecular weight is 312 g/mol. The second-order valence-electron chi connectivity index (χ2n) is 5.44. The molecule has 1 aliphatic carbocycles. The quantitative estimate of drug-likeness (QED) is 0.748. The lowest BCUT2D eigenvalue weighted by atomic mass is 10.1. The van der Waals surface area contributed by atoms with Crippen molar-refractivity contribution in [2.75, 3.05) is 18.9 Å². The second-order valence-corrected chi connectivity index (χ2v) is 7.30. The summed E-state index contributed by atoms with van der Waals surface area (Å²) in [5.74, 6) is 0. The van der Waals surface area contributed by atoms with E-state index in [1.807, 2.05) is 19.9 Å². The summed E-state index contributed by atoms with van der Waals surface area (Å²) in [6, 6.07) is 3.61. The molecule has 6 heteroatoms. The first-order valence-electron chi connectivity index (χ1n) is 7.49. The predicted octanol–water partition coefficient (Wildman–Crippen LogP) is 1.54. The number of anilines is 1. The summed E-state index contributed by atoms with van der Waals surface area (Å²) >= 11 is 0. The van der Waals surface area contributed by atoms with Gasteiger partial charge in [-0.2, -0.15) is 4.31 Å². The van der Waals surface area contributed by atoms with Gasteiger partial charge in [0.05, 0.1) is 11.5 Å². The highest BCUT2D eigenvalue weighted by atomic mass is 32.2.